The molecule has 0 radical (unpaired) electrons. The molecular formula is C15H23NO3. The molecule has 2 rings (SSSR count). The molecule has 1 aliphatic rings. The van der Waals surface area contributed by atoms with E-state index < -0.39 is 5.97 Å². The lowest BCUT2D eigenvalue weighted by molar-refractivity contribution is 0.0660. The minimum absolute atomic E-state index is 0.0622. The van der Waals surface area contributed by atoms with Crippen LogP contribution in [0.5, 0.6) is 0 Å². The van der Waals surface area contributed by atoms with E-state index in [4.69, 9.17) is 9.52 Å². The van der Waals surface area contributed by atoms with Gasteiger partial charge in [-0.2, -0.15) is 0 Å². The fourth-order valence-corrected chi connectivity index (χ4v) is 2.98. The highest BCUT2D eigenvalue weighted by molar-refractivity contribution is 5.86. The Morgan fingerprint density at radius 3 is 2.79 bits per heavy atom. The van der Waals surface area contributed by atoms with Crippen LogP contribution in [0.25, 0.3) is 0 Å². The van der Waals surface area contributed by atoms with Crippen molar-refractivity contribution in [2.45, 2.75) is 58.0 Å². The van der Waals surface area contributed by atoms with E-state index in [1.54, 1.807) is 6.07 Å². The van der Waals surface area contributed by atoms with Crippen molar-refractivity contribution >= 4 is 5.97 Å². The van der Waals surface area contributed by atoms with Gasteiger partial charge < -0.3 is 14.8 Å². The van der Waals surface area contributed by atoms with Crippen molar-refractivity contribution in [3.05, 3.63) is 23.7 Å². The van der Waals surface area contributed by atoms with E-state index in [2.05, 4.69) is 12.2 Å². The molecule has 1 aromatic heterocycles. The highest BCUT2D eigenvalue weighted by atomic mass is 16.4. The summed E-state index contributed by atoms with van der Waals surface area (Å²) in [6, 6.07) is 2.25. The first-order chi connectivity index (χ1) is 9.20. The smallest absolute Gasteiger partial charge is 0.372 e. The summed E-state index contributed by atoms with van der Waals surface area (Å²) in [6.07, 6.45) is 9.05. The van der Waals surface area contributed by atoms with Crippen LogP contribution in [0.3, 0.4) is 0 Å². The molecule has 0 atom stereocenters. The molecule has 0 saturated heterocycles. The van der Waals surface area contributed by atoms with Gasteiger partial charge in [0.25, 0.3) is 0 Å². The zero-order chi connectivity index (χ0) is 13.7. The summed E-state index contributed by atoms with van der Waals surface area (Å²) in [5.41, 5.74) is 0.739. The number of carbonyl (C=O) groups is 1. The highest BCUT2D eigenvalue weighted by Crippen LogP contribution is 2.28. The van der Waals surface area contributed by atoms with Crippen LogP contribution in [-0.2, 0) is 6.54 Å². The Kier molecular flexibility index (Phi) is 5.02. The topological polar surface area (TPSA) is 62.5 Å². The summed E-state index contributed by atoms with van der Waals surface area (Å²) in [5, 5.41) is 12.4. The standard InChI is InChI=1S/C15H23NO3/c1-2-3-11-4-6-13(7-5-11)16-10-12-8-9-19-14(12)15(17)18/h8-9,11,13,16H,2-7,10H2,1H3,(H,17,18). The molecule has 1 aliphatic carbocycles. The molecule has 0 bridgehead atoms. The van der Waals surface area contributed by atoms with E-state index in [-0.39, 0.29) is 5.76 Å². The van der Waals surface area contributed by atoms with Gasteiger partial charge in [-0.15, -0.1) is 0 Å². The van der Waals surface area contributed by atoms with Gasteiger partial charge in [0.05, 0.1) is 6.26 Å². The van der Waals surface area contributed by atoms with E-state index in [1.807, 2.05) is 0 Å². The molecule has 4 nitrogen and oxygen atoms in total. The van der Waals surface area contributed by atoms with E-state index in [1.165, 1.54) is 44.8 Å². The first-order valence-electron chi connectivity index (χ1n) is 7.23. The van der Waals surface area contributed by atoms with Crippen molar-refractivity contribution in [1.29, 1.82) is 0 Å². The molecular weight excluding hydrogens is 242 g/mol. The molecule has 0 unspecified atom stereocenters. The Labute approximate surface area is 114 Å². The average Bonchev–Trinajstić information content (AvgIpc) is 2.87. The fourth-order valence-electron chi connectivity index (χ4n) is 2.98. The summed E-state index contributed by atoms with van der Waals surface area (Å²) in [4.78, 5) is 10.9. The van der Waals surface area contributed by atoms with Gasteiger partial charge in [0.1, 0.15) is 0 Å². The lowest BCUT2D eigenvalue weighted by Gasteiger charge is -2.29. The third-order valence-corrected chi connectivity index (χ3v) is 4.07. The molecule has 0 spiro atoms. The van der Waals surface area contributed by atoms with Gasteiger partial charge in [0.2, 0.25) is 5.76 Å². The molecule has 0 aliphatic heterocycles. The zero-order valence-corrected chi connectivity index (χ0v) is 11.5. The maximum atomic E-state index is 10.9. The van der Waals surface area contributed by atoms with Crippen molar-refractivity contribution in [3.8, 4) is 0 Å². The second kappa shape index (κ2) is 6.75. The minimum Gasteiger partial charge on any atom is -0.475 e. The van der Waals surface area contributed by atoms with Crippen LogP contribution >= 0.6 is 0 Å². The molecule has 1 aromatic rings. The Bertz CT molecular complexity index is 405. The zero-order valence-electron chi connectivity index (χ0n) is 11.5. The van der Waals surface area contributed by atoms with Crippen molar-refractivity contribution in [1.82, 2.24) is 5.32 Å². The molecule has 1 heterocycles. The lowest BCUT2D eigenvalue weighted by atomic mass is 9.83. The molecule has 0 amide bonds. The first kappa shape index (κ1) is 14.1. The summed E-state index contributed by atoms with van der Waals surface area (Å²) in [5.74, 6) is -0.0350. The second-order valence-electron chi connectivity index (χ2n) is 5.47. The Morgan fingerprint density at radius 2 is 2.16 bits per heavy atom. The van der Waals surface area contributed by atoms with Gasteiger partial charge in [0.15, 0.2) is 0 Å². The van der Waals surface area contributed by atoms with Crippen LogP contribution in [0.2, 0.25) is 0 Å². The van der Waals surface area contributed by atoms with Crippen LogP contribution in [0, 0.1) is 5.92 Å². The number of carboxylic acids is 1. The van der Waals surface area contributed by atoms with Crippen LogP contribution < -0.4 is 5.32 Å². The Morgan fingerprint density at radius 1 is 1.42 bits per heavy atom. The fraction of sp³-hybridized carbons (Fsp3) is 0.667. The molecule has 1 saturated carbocycles. The molecule has 19 heavy (non-hydrogen) atoms. The third-order valence-electron chi connectivity index (χ3n) is 4.07. The lowest BCUT2D eigenvalue weighted by Crippen LogP contribution is -2.33. The van der Waals surface area contributed by atoms with Gasteiger partial charge >= 0.3 is 5.97 Å². The van der Waals surface area contributed by atoms with E-state index in [0.29, 0.717) is 12.6 Å². The highest BCUT2D eigenvalue weighted by Gasteiger charge is 2.21. The monoisotopic (exact) mass is 265 g/mol. The number of rotatable bonds is 6. The number of aromatic carboxylic acids is 1. The van der Waals surface area contributed by atoms with Crippen LogP contribution in [-0.4, -0.2) is 17.1 Å². The normalized spacial score (nSPS) is 23.4. The van der Waals surface area contributed by atoms with Gasteiger partial charge in [0, 0.05) is 18.2 Å². The maximum absolute atomic E-state index is 10.9. The SMILES string of the molecule is CCCC1CCC(NCc2ccoc2C(=O)O)CC1. The largest absolute Gasteiger partial charge is 0.475 e. The van der Waals surface area contributed by atoms with E-state index >= 15 is 0 Å². The predicted molar refractivity (Wildman–Crippen MR) is 73.2 cm³/mol. The van der Waals surface area contributed by atoms with Crippen LogP contribution in [0.1, 0.15) is 61.6 Å². The Balaban J connectivity index is 1.77. The van der Waals surface area contributed by atoms with Gasteiger partial charge in [-0.1, -0.05) is 19.8 Å². The second-order valence-corrected chi connectivity index (χ2v) is 5.47. The van der Waals surface area contributed by atoms with Crippen molar-refractivity contribution < 1.29 is 14.3 Å². The first-order valence-corrected chi connectivity index (χ1v) is 7.23. The van der Waals surface area contributed by atoms with Gasteiger partial charge in [-0.3, -0.25) is 0 Å². The summed E-state index contributed by atoms with van der Waals surface area (Å²) in [6.45, 7) is 2.83. The summed E-state index contributed by atoms with van der Waals surface area (Å²) < 4.78 is 4.98. The quantitative estimate of drug-likeness (QED) is 0.827. The summed E-state index contributed by atoms with van der Waals surface area (Å²) in [7, 11) is 0. The third kappa shape index (κ3) is 3.83. The maximum Gasteiger partial charge on any atom is 0.372 e. The van der Waals surface area contributed by atoms with E-state index in [0.717, 1.165) is 11.5 Å². The molecule has 1 fully saturated rings. The molecule has 0 aromatic carbocycles. The number of furan rings is 1. The number of nitrogens with one attached hydrogen (secondary N) is 1. The van der Waals surface area contributed by atoms with Gasteiger partial charge in [-0.05, 0) is 37.7 Å². The number of hydrogen-bond acceptors (Lipinski definition) is 3. The summed E-state index contributed by atoms with van der Waals surface area (Å²) >= 11 is 0. The van der Waals surface area contributed by atoms with Crippen LogP contribution in [0.15, 0.2) is 16.7 Å². The molecule has 4 heteroatoms. The van der Waals surface area contributed by atoms with Crippen molar-refractivity contribution in [2.24, 2.45) is 5.92 Å². The molecule has 106 valence electrons. The van der Waals surface area contributed by atoms with E-state index in [9.17, 15) is 4.79 Å². The minimum atomic E-state index is -0.992. The van der Waals surface area contributed by atoms with Gasteiger partial charge in [-0.25, -0.2) is 4.79 Å². The van der Waals surface area contributed by atoms with Crippen molar-refractivity contribution in [3.63, 3.8) is 0 Å². The molecule has 2 N–H and O–H groups in total. The van der Waals surface area contributed by atoms with Crippen molar-refractivity contribution in [2.75, 3.05) is 0 Å². The average molecular weight is 265 g/mol. The predicted octanol–water partition coefficient (Wildman–Crippen LogP) is 3.43. The number of hydrogen-bond donors (Lipinski definition) is 2. The number of carboxylic acid groups (broad SMARTS) is 1. The Hall–Kier alpha value is -1.29. The van der Waals surface area contributed by atoms with Crippen LogP contribution in [0.4, 0.5) is 0 Å².